The molecule has 2 aliphatic rings. The van der Waals surface area contributed by atoms with Crippen molar-refractivity contribution in [3.63, 3.8) is 0 Å². The van der Waals surface area contributed by atoms with Crippen LogP contribution in [-0.4, -0.2) is 5.97 Å². The van der Waals surface area contributed by atoms with E-state index in [4.69, 9.17) is 4.74 Å². The number of hydrogen-bond acceptors (Lipinski definition) is 2. The monoisotopic (exact) mass is 228 g/mol. The minimum Gasteiger partial charge on any atom is -0.428 e. The average Bonchev–Trinajstić information content (AvgIpc) is 2.77. The van der Waals surface area contributed by atoms with Crippen molar-refractivity contribution < 1.29 is 9.53 Å². The Kier molecular flexibility index (Phi) is 2.71. The second-order valence-corrected chi connectivity index (χ2v) is 4.97. The smallest absolute Gasteiger partial charge is 0.343 e. The molecular formula is C15H16O2. The standard InChI is InChI=1S/C15H16O2/c16-15(12-4-2-1-3-5-12)17-14-9-7-11-6-8-13(14)10-11/h1-5,9,11,13H,6-8,10H2. The highest BCUT2D eigenvalue weighted by Gasteiger charge is 2.32. The molecule has 1 aromatic carbocycles. The highest BCUT2D eigenvalue weighted by atomic mass is 16.5. The summed E-state index contributed by atoms with van der Waals surface area (Å²) in [7, 11) is 0. The van der Waals surface area contributed by atoms with Crippen LogP contribution in [0.3, 0.4) is 0 Å². The number of carbonyl (C=O) groups is 1. The third-order valence-corrected chi connectivity index (χ3v) is 3.82. The van der Waals surface area contributed by atoms with Crippen LogP contribution in [0, 0.1) is 11.8 Å². The first-order valence-electron chi connectivity index (χ1n) is 6.30. The summed E-state index contributed by atoms with van der Waals surface area (Å²) in [4.78, 5) is 11.9. The third-order valence-electron chi connectivity index (χ3n) is 3.82. The van der Waals surface area contributed by atoms with E-state index in [0.717, 1.165) is 18.1 Å². The van der Waals surface area contributed by atoms with Gasteiger partial charge in [0.05, 0.1) is 5.56 Å². The molecule has 0 radical (unpaired) electrons. The maximum atomic E-state index is 11.9. The Morgan fingerprint density at radius 2 is 2.00 bits per heavy atom. The van der Waals surface area contributed by atoms with E-state index < -0.39 is 0 Å². The van der Waals surface area contributed by atoms with Crippen molar-refractivity contribution in [3.8, 4) is 0 Å². The Hall–Kier alpha value is -1.57. The lowest BCUT2D eigenvalue weighted by Gasteiger charge is -2.19. The number of esters is 1. The van der Waals surface area contributed by atoms with Crippen molar-refractivity contribution in [2.75, 3.05) is 0 Å². The van der Waals surface area contributed by atoms with Crippen molar-refractivity contribution in [2.45, 2.75) is 25.7 Å². The number of carbonyl (C=O) groups excluding carboxylic acids is 1. The highest BCUT2D eigenvalue weighted by Crippen LogP contribution is 2.42. The van der Waals surface area contributed by atoms with Crippen LogP contribution in [0.1, 0.15) is 36.0 Å². The van der Waals surface area contributed by atoms with Gasteiger partial charge in [-0.1, -0.05) is 18.2 Å². The second kappa shape index (κ2) is 4.36. The molecule has 0 aliphatic heterocycles. The van der Waals surface area contributed by atoms with Gasteiger partial charge in [0.15, 0.2) is 0 Å². The van der Waals surface area contributed by atoms with E-state index >= 15 is 0 Å². The zero-order chi connectivity index (χ0) is 11.7. The fourth-order valence-corrected chi connectivity index (χ4v) is 2.86. The number of allylic oxidation sites excluding steroid dienone is 2. The minimum atomic E-state index is -0.220. The normalized spacial score (nSPS) is 26.5. The van der Waals surface area contributed by atoms with Gasteiger partial charge >= 0.3 is 5.97 Å². The molecule has 2 nitrogen and oxygen atoms in total. The van der Waals surface area contributed by atoms with Crippen LogP contribution in [0.4, 0.5) is 0 Å². The maximum absolute atomic E-state index is 11.9. The molecule has 3 rings (SSSR count). The molecule has 2 aliphatic carbocycles. The van der Waals surface area contributed by atoms with Crippen molar-refractivity contribution in [3.05, 3.63) is 47.7 Å². The van der Waals surface area contributed by atoms with Crippen molar-refractivity contribution >= 4 is 5.97 Å². The van der Waals surface area contributed by atoms with Gasteiger partial charge in [-0.3, -0.25) is 0 Å². The van der Waals surface area contributed by atoms with E-state index in [1.807, 2.05) is 18.2 Å². The fourth-order valence-electron chi connectivity index (χ4n) is 2.86. The molecular weight excluding hydrogens is 212 g/mol. The van der Waals surface area contributed by atoms with Crippen molar-refractivity contribution in [1.29, 1.82) is 0 Å². The summed E-state index contributed by atoms with van der Waals surface area (Å²) in [5, 5.41) is 0. The summed E-state index contributed by atoms with van der Waals surface area (Å²) in [5.74, 6) is 2.01. The maximum Gasteiger partial charge on any atom is 0.343 e. The SMILES string of the molecule is O=C(OC1=CCC2CCC1C2)c1ccccc1. The summed E-state index contributed by atoms with van der Waals surface area (Å²) in [5.41, 5.74) is 0.633. The van der Waals surface area contributed by atoms with Gasteiger partial charge in [-0.05, 0) is 49.8 Å². The van der Waals surface area contributed by atoms with Crippen LogP contribution in [0.2, 0.25) is 0 Å². The van der Waals surface area contributed by atoms with Crippen LogP contribution < -0.4 is 0 Å². The Labute approximate surface area is 101 Å². The summed E-state index contributed by atoms with van der Waals surface area (Å²) >= 11 is 0. The molecule has 1 saturated carbocycles. The first kappa shape index (κ1) is 10.6. The van der Waals surface area contributed by atoms with Crippen LogP contribution in [0.15, 0.2) is 42.2 Å². The molecule has 1 aromatic rings. The lowest BCUT2D eigenvalue weighted by Crippen LogP contribution is -2.13. The number of ether oxygens (including phenoxy) is 1. The molecule has 1 fully saturated rings. The van der Waals surface area contributed by atoms with Crippen LogP contribution in [-0.2, 0) is 4.74 Å². The fraction of sp³-hybridized carbons (Fsp3) is 0.400. The molecule has 0 spiro atoms. The van der Waals surface area contributed by atoms with Crippen LogP contribution in [0.25, 0.3) is 0 Å². The summed E-state index contributed by atoms with van der Waals surface area (Å²) in [6.45, 7) is 0. The van der Waals surface area contributed by atoms with E-state index in [2.05, 4.69) is 6.08 Å². The molecule has 88 valence electrons. The first-order valence-corrected chi connectivity index (χ1v) is 6.30. The van der Waals surface area contributed by atoms with Gasteiger partial charge in [-0.2, -0.15) is 0 Å². The van der Waals surface area contributed by atoms with Gasteiger partial charge in [0.2, 0.25) is 0 Å². The van der Waals surface area contributed by atoms with Crippen LogP contribution >= 0.6 is 0 Å². The molecule has 0 heterocycles. The molecule has 0 N–H and O–H groups in total. The molecule has 0 amide bonds. The van der Waals surface area contributed by atoms with Gasteiger partial charge in [0.25, 0.3) is 0 Å². The minimum absolute atomic E-state index is 0.220. The Morgan fingerprint density at radius 1 is 1.18 bits per heavy atom. The van der Waals surface area contributed by atoms with Crippen molar-refractivity contribution in [1.82, 2.24) is 0 Å². The predicted molar refractivity (Wildman–Crippen MR) is 65.4 cm³/mol. The second-order valence-electron chi connectivity index (χ2n) is 4.97. The Morgan fingerprint density at radius 3 is 2.82 bits per heavy atom. The lowest BCUT2D eigenvalue weighted by atomic mass is 9.94. The lowest BCUT2D eigenvalue weighted by molar-refractivity contribution is 0.0580. The molecule has 2 unspecified atom stereocenters. The van der Waals surface area contributed by atoms with E-state index in [1.165, 1.54) is 19.3 Å². The van der Waals surface area contributed by atoms with Gasteiger partial charge in [0, 0.05) is 5.92 Å². The zero-order valence-electron chi connectivity index (χ0n) is 9.76. The zero-order valence-corrected chi connectivity index (χ0v) is 9.76. The molecule has 2 heteroatoms. The molecule has 2 bridgehead atoms. The van der Waals surface area contributed by atoms with Gasteiger partial charge in [0.1, 0.15) is 5.76 Å². The number of fused-ring (bicyclic) bond motifs is 2. The predicted octanol–water partition coefficient (Wildman–Crippen LogP) is 3.55. The number of rotatable bonds is 2. The molecule has 0 aromatic heterocycles. The largest absolute Gasteiger partial charge is 0.428 e. The topological polar surface area (TPSA) is 26.3 Å². The Balaban J connectivity index is 1.72. The van der Waals surface area contributed by atoms with E-state index in [9.17, 15) is 4.79 Å². The highest BCUT2D eigenvalue weighted by molar-refractivity contribution is 5.90. The Bertz CT molecular complexity index is 447. The average molecular weight is 228 g/mol. The number of benzene rings is 1. The molecule has 17 heavy (non-hydrogen) atoms. The van der Waals surface area contributed by atoms with E-state index in [-0.39, 0.29) is 5.97 Å². The molecule has 0 saturated heterocycles. The van der Waals surface area contributed by atoms with E-state index in [0.29, 0.717) is 11.5 Å². The van der Waals surface area contributed by atoms with Crippen molar-refractivity contribution in [2.24, 2.45) is 11.8 Å². The number of hydrogen-bond donors (Lipinski definition) is 0. The summed E-state index contributed by atoms with van der Waals surface area (Å²) in [6, 6.07) is 9.21. The third kappa shape index (κ3) is 2.12. The van der Waals surface area contributed by atoms with Gasteiger partial charge in [-0.25, -0.2) is 4.79 Å². The first-order chi connectivity index (χ1) is 8.33. The van der Waals surface area contributed by atoms with E-state index in [1.54, 1.807) is 12.1 Å². The summed E-state index contributed by atoms with van der Waals surface area (Å²) in [6.07, 6.45) is 6.86. The summed E-state index contributed by atoms with van der Waals surface area (Å²) < 4.78 is 5.53. The van der Waals surface area contributed by atoms with Gasteiger partial charge < -0.3 is 4.74 Å². The molecule has 2 atom stereocenters. The van der Waals surface area contributed by atoms with Crippen LogP contribution in [0.5, 0.6) is 0 Å². The quantitative estimate of drug-likeness (QED) is 0.723. The van der Waals surface area contributed by atoms with Gasteiger partial charge in [-0.15, -0.1) is 0 Å².